The van der Waals surface area contributed by atoms with Crippen molar-refractivity contribution < 1.29 is 4.79 Å². The van der Waals surface area contributed by atoms with Crippen LogP contribution in [0.15, 0.2) is 48.1 Å². The number of carbonyl (C=O) groups excluding carboxylic acids is 1. The number of nitrogens with zero attached hydrogens (tertiary/aromatic N) is 2. The smallest absolute Gasteiger partial charge is 0.272 e. The molecule has 0 radical (unpaired) electrons. The van der Waals surface area contributed by atoms with Crippen molar-refractivity contribution >= 4 is 23.2 Å². The van der Waals surface area contributed by atoms with Crippen LogP contribution in [-0.2, 0) is 0 Å². The molecule has 0 spiro atoms. The fourth-order valence-corrected chi connectivity index (χ4v) is 1.59. The van der Waals surface area contributed by atoms with E-state index >= 15 is 0 Å². The first-order chi connectivity index (χ1) is 9.06. The van der Waals surface area contributed by atoms with Crippen molar-refractivity contribution in [2.45, 2.75) is 0 Å². The van der Waals surface area contributed by atoms with Gasteiger partial charge in [-0.25, -0.2) is 4.68 Å². The fraction of sp³-hybridized carbons (Fsp3) is 0.0769. The molecule has 0 aliphatic rings. The summed E-state index contributed by atoms with van der Waals surface area (Å²) >= 11 is 5.58. The van der Waals surface area contributed by atoms with Crippen LogP contribution in [0.1, 0.15) is 10.5 Å². The number of hydrogen-bond acceptors (Lipinski definition) is 3. The molecular weight excluding hydrogens is 264 g/mol. The molecule has 1 aromatic carbocycles. The number of nitrogens with one attached hydrogen (secondary N) is 1. The van der Waals surface area contributed by atoms with Crippen LogP contribution in [0.25, 0.3) is 5.69 Å². The largest absolute Gasteiger partial charge is 0.399 e. The summed E-state index contributed by atoms with van der Waals surface area (Å²) in [6, 6.07) is 8.85. The number of hydrogen-bond donors (Lipinski definition) is 2. The summed E-state index contributed by atoms with van der Waals surface area (Å²) in [7, 11) is 0. The van der Waals surface area contributed by atoms with E-state index in [2.05, 4.69) is 17.0 Å². The van der Waals surface area contributed by atoms with Crippen LogP contribution in [0.2, 0.25) is 0 Å². The lowest BCUT2D eigenvalue weighted by Crippen LogP contribution is -2.25. The Bertz CT molecular complexity index is 621. The molecule has 2 aromatic rings. The van der Waals surface area contributed by atoms with Gasteiger partial charge < -0.3 is 11.1 Å². The predicted octanol–water partition coefficient (Wildman–Crippen LogP) is 1.94. The summed E-state index contributed by atoms with van der Waals surface area (Å²) in [6.45, 7) is 3.71. The molecule has 1 heterocycles. The standard InChI is InChI=1S/C13H13ClN4O/c1-9(14)8-16-13(19)12-5-6-18(17-12)11-4-2-3-10(15)7-11/h2-7H,1,8,15H2,(H,16,19). The van der Waals surface area contributed by atoms with Crippen LogP contribution in [0.4, 0.5) is 5.69 Å². The van der Waals surface area contributed by atoms with Gasteiger partial charge in [-0.05, 0) is 24.3 Å². The first-order valence-corrected chi connectivity index (χ1v) is 5.97. The van der Waals surface area contributed by atoms with Crippen LogP contribution in [0.5, 0.6) is 0 Å². The zero-order valence-corrected chi connectivity index (χ0v) is 10.9. The molecule has 0 fully saturated rings. The SMILES string of the molecule is C=C(Cl)CNC(=O)c1ccn(-c2cccc(N)c2)n1. The minimum absolute atomic E-state index is 0.214. The van der Waals surface area contributed by atoms with Gasteiger partial charge in [-0.2, -0.15) is 5.10 Å². The lowest BCUT2D eigenvalue weighted by atomic mass is 10.3. The Morgan fingerprint density at radius 2 is 2.26 bits per heavy atom. The zero-order valence-electron chi connectivity index (χ0n) is 10.1. The molecule has 0 saturated carbocycles. The summed E-state index contributed by atoms with van der Waals surface area (Å²) in [4.78, 5) is 11.7. The number of benzene rings is 1. The van der Waals surface area contributed by atoms with Crippen LogP contribution in [-0.4, -0.2) is 22.2 Å². The Morgan fingerprint density at radius 3 is 2.95 bits per heavy atom. The monoisotopic (exact) mass is 276 g/mol. The lowest BCUT2D eigenvalue weighted by molar-refractivity contribution is 0.0952. The Morgan fingerprint density at radius 1 is 1.47 bits per heavy atom. The van der Waals surface area contributed by atoms with E-state index in [1.807, 2.05) is 12.1 Å². The Hall–Kier alpha value is -2.27. The minimum Gasteiger partial charge on any atom is -0.399 e. The van der Waals surface area contributed by atoms with E-state index in [1.165, 1.54) is 0 Å². The molecule has 98 valence electrons. The number of anilines is 1. The van der Waals surface area contributed by atoms with Gasteiger partial charge in [-0.15, -0.1) is 0 Å². The van der Waals surface area contributed by atoms with Crippen LogP contribution < -0.4 is 11.1 Å². The minimum atomic E-state index is -0.301. The topological polar surface area (TPSA) is 72.9 Å². The quantitative estimate of drug-likeness (QED) is 0.838. The van der Waals surface area contributed by atoms with Crippen molar-refractivity contribution in [3.05, 3.63) is 53.8 Å². The Kier molecular flexibility index (Phi) is 3.87. The second-order valence-corrected chi connectivity index (χ2v) is 4.47. The molecule has 2 rings (SSSR count). The normalized spacial score (nSPS) is 10.2. The maximum atomic E-state index is 11.7. The molecule has 1 amide bonds. The van der Waals surface area contributed by atoms with E-state index < -0.39 is 0 Å². The number of aromatic nitrogens is 2. The van der Waals surface area contributed by atoms with Crippen molar-refractivity contribution in [1.29, 1.82) is 0 Å². The van der Waals surface area contributed by atoms with Crippen molar-refractivity contribution in [2.24, 2.45) is 0 Å². The van der Waals surface area contributed by atoms with E-state index in [-0.39, 0.29) is 12.5 Å². The summed E-state index contributed by atoms with van der Waals surface area (Å²) < 4.78 is 1.58. The summed E-state index contributed by atoms with van der Waals surface area (Å²) in [5.41, 5.74) is 7.43. The van der Waals surface area contributed by atoms with Gasteiger partial charge in [0.05, 0.1) is 12.2 Å². The number of halogens is 1. The van der Waals surface area contributed by atoms with Crippen LogP contribution >= 0.6 is 11.6 Å². The average Bonchev–Trinajstić information content (AvgIpc) is 2.85. The van der Waals surface area contributed by atoms with Gasteiger partial charge in [0.25, 0.3) is 5.91 Å². The van der Waals surface area contributed by atoms with Crippen LogP contribution in [0.3, 0.4) is 0 Å². The first kappa shape index (κ1) is 13.2. The van der Waals surface area contributed by atoms with Gasteiger partial charge in [0, 0.05) is 16.9 Å². The highest BCUT2D eigenvalue weighted by Crippen LogP contribution is 2.11. The lowest BCUT2D eigenvalue weighted by Gasteiger charge is -2.02. The molecule has 0 saturated heterocycles. The maximum Gasteiger partial charge on any atom is 0.272 e. The third-order valence-electron chi connectivity index (χ3n) is 2.40. The van der Waals surface area contributed by atoms with Crippen LogP contribution in [0, 0.1) is 0 Å². The predicted molar refractivity (Wildman–Crippen MR) is 75.3 cm³/mol. The number of nitrogens with two attached hydrogens (primary N) is 1. The third kappa shape index (κ3) is 3.35. The van der Waals surface area contributed by atoms with Crippen molar-refractivity contribution in [3.8, 4) is 5.69 Å². The number of rotatable bonds is 4. The highest BCUT2D eigenvalue weighted by Gasteiger charge is 2.09. The molecular formula is C13H13ClN4O. The molecule has 0 aliphatic carbocycles. The number of carbonyl (C=O) groups is 1. The molecule has 0 unspecified atom stereocenters. The van der Waals surface area contributed by atoms with Gasteiger partial charge in [0.15, 0.2) is 5.69 Å². The molecule has 3 N–H and O–H groups in total. The number of amides is 1. The van der Waals surface area contributed by atoms with Crippen molar-refractivity contribution in [3.63, 3.8) is 0 Å². The van der Waals surface area contributed by atoms with E-state index in [4.69, 9.17) is 17.3 Å². The van der Waals surface area contributed by atoms with E-state index in [0.29, 0.717) is 16.4 Å². The molecule has 0 bridgehead atoms. The third-order valence-corrected chi connectivity index (χ3v) is 2.53. The van der Waals surface area contributed by atoms with E-state index in [1.54, 1.807) is 29.1 Å². The summed E-state index contributed by atoms with van der Waals surface area (Å²) in [5.74, 6) is -0.301. The van der Waals surface area contributed by atoms with Crippen molar-refractivity contribution in [2.75, 3.05) is 12.3 Å². The molecule has 6 heteroatoms. The second kappa shape index (κ2) is 5.58. The highest BCUT2D eigenvalue weighted by atomic mass is 35.5. The molecule has 19 heavy (non-hydrogen) atoms. The fourth-order valence-electron chi connectivity index (χ4n) is 1.52. The number of nitrogen functional groups attached to an aromatic ring is 1. The van der Waals surface area contributed by atoms with Gasteiger partial charge in [-0.3, -0.25) is 4.79 Å². The van der Waals surface area contributed by atoms with Gasteiger partial charge in [-0.1, -0.05) is 24.2 Å². The Labute approximate surface area is 115 Å². The summed E-state index contributed by atoms with van der Waals surface area (Å²) in [5, 5.41) is 7.14. The second-order valence-electron chi connectivity index (χ2n) is 3.94. The molecule has 5 nitrogen and oxygen atoms in total. The Balaban J connectivity index is 2.15. The first-order valence-electron chi connectivity index (χ1n) is 5.59. The zero-order chi connectivity index (χ0) is 13.8. The maximum absolute atomic E-state index is 11.7. The summed E-state index contributed by atoms with van der Waals surface area (Å²) in [6.07, 6.45) is 1.69. The van der Waals surface area contributed by atoms with E-state index in [9.17, 15) is 4.79 Å². The molecule has 1 aromatic heterocycles. The highest BCUT2D eigenvalue weighted by molar-refractivity contribution is 6.29. The molecule has 0 atom stereocenters. The van der Waals surface area contributed by atoms with Gasteiger partial charge in [0.2, 0.25) is 0 Å². The van der Waals surface area contributed by atoms with Gasteiger partial charge in [0.1, 0.15) is 0 Å². The average molecular weight is 277 g/mol. The molecule has 0 aliphatic heterocycles. The van der Waals surface area contributed by atoms with Crippen molar-refractivity contribution in [1.82, 2.24) is 15.1 Å². The van der Waals surface area contributed by atoms with Gasteiger partial charge >= 0.3 is 0 Å². The van der Waals surface area contributed by atoms with E-state index in [0.717, 1.165) is 5.69 Å².